The van der Waals surface area contributed by atoms with Crippen molar-refractivity contribution < 1.29 is 14.7 Å². The maximum absolute atomic E-state index is 13.7. The topological polar surface area (TPSA) is 64.1 Å². The second-order valence-corrected chi connectivity index (χ2v) is 10.1. The van der Waals surface area contributed by atoms with Crippen LogP contribution in [-0.4, -0.2) is 50.7 Å². The zero-order valence-corrected chi connectivity index (χ0v) is 20.9. The van der Waals surface area contributed by atoms with Crippen molar-refractivity contribution in [3.8, 4) is 0 Å². The van der Waals surface area contributed by atoms with Crippen LogP contribution in [0.2, 0.25) is 0 Å². The van der Waals surface area contributed by atoms with Gasteiger partial charge in [0, 0.05) is 62.8 Å². The predicted molar refractivity (Wildman–Crippen MR) is 143 cm³/mol. The zero-order valence-electron chi connectivity index (χ0n) is 20.9. The van der Waals surface area contributed by atoms with E-state index in [0.29, 0.717) is 12.5 Å². The standard InChI is InChI=1S/C29H37N3O3/c1-30(2)25-12-14-26(15-13-25)31-18-17-23(20-31)21-32(29(35)24-8-4-3-5-9-24)27-10-6-7-22(19-27)11-16-28(33)34/h6-7,10-16,19,23-24H,3-5,8-9,17-18,20-21H2,1-2H3,(H,33,34). The maximum Gasteiger partial charge on any atom is 0.328 e. The van der Waals surface area contributed by atoms with Crippen LogP contribution in [0.15, 0.2) is 54.6 Å². The van der Waals surface area contributed by atoms with Crippen LogP contribution >= 0.6 is 0 Å². The van der Waals surface area contributed by atoms with E-state index in [4.69, 9.17) is 5.11 Å². The van der Waals surface area contributed by atoms with Crippen LogP contribution in [0.5, 0.6) is 0 Å². The van der Waals surface area contributed by atoms with Gasteiger partial charge in [-0.15, -0.1) is 0 Å². The number of rotatable bonds is 8. The van der Waals surface area contributed by atoms with Crippen molar-refractivity contribution >= 4 is 35.0 Å². The Morgan fingerprint density at radius 3 is 2.43 bits per heavy atom. The predicted octanol–water partition coefficient (Wildman–Crippen LogP) is 5.29. The van der Waals surface area contributed by atoms with Gasteiger partial charge in [0.2, 0.25) is 5.91 Å². The lowest BCUT2D eigenvalue weighted by Crippen LogP contribution is -2.41. The molecule has 6 heteroatoms. The molecule has 1 N–H and O–H groups in total. The average molecular weight is 476 g/mol. The lowest BCUT2D eigenvalue weighted by Gasteiger charge is -2.31. The summed E-state index contributed by atoms with van der Waals surface area (Å²) in [5.41, 5.74) is 4.07. The Labute approximate surface area is 208 Å². The smallest absolute Gasteiger partial charge is 0.328 e. The Balaban J connectivity index is 1.51. The molecule has 0 radical (unpaired) electrons. The third kappa shape index (κ3) is 6.44. The molecule has 1 aliphatic heterocycles. The monoisotopic (exact) mass is 475 g/mol. The normalized spacial score (nSPS) is 18.7. The minimum Gasteiger partial charge on any atom is -0.478 e. The van der Waals surface area contributed by atoms with Crippen LogP contribution < -0.4 is 14.7 Å². The Morgan fingerprint density at radius 2 is 1.74 bits per heavy atom. The SMILES string of the molecule is CN(C)c1ccc(N2CCC(CN(C(=O)C3CCCCC3)c3cccc(C=CC(=O)O)c3)C2)cc1. The maximum atomic E-state index is 13.7. The van der Waals surface area contributed by atoms with Gasteiger partial charge < -0.3 is 19.8 Å². The Bertz CT molecular complexity index is 1040. The van der Waals surface area contributed by atoms with Gasteiger partial charge in [-0.05, 0) is 73.2 Å². The molecule has 0 bridgehead atoms. The van der Waals surface area contributed by atoms with E-state index < -0.39 is 5.97 Å². The number of nitrogens with zero attached hydrogens (tertiary/aromatic N) is 3. The molecule has 1 aliphatic carbocycles. The average Bonchev–Trinajstić information content (AvgIpc) is 3.35. The molecule has 186 valence electrons. The largest absolute Gasteiger partial charge is 0.478 e. The first kappa shape index (κ1) is 24.8. The van der Waals surface area contributed by atoms with Crippen LogP contribution in [0, 0.1) is 11.8 Å². The van der Waals surface area contributed by atoms with Crippen molar-refractivity contribution in [2.45, 2.75) is 38.5 Å². The molecule has 1 heterocycles. The van der Waals surface area contributed by atoms with Gasteiger partial charge >= 0.3 is 5.97 Å². The summed E-state index contributed by atoms with van der Waals surface area (Å²) in [6, 6.07) is 16.4. The second kappa shape index (κ2) is 11.4. The highest BCUT2D eigenvalue weighted by Gasteiger charge is 2.31. The third-order valence-corrected chi connectivity index (χ3v) is 7.28. The first-order valence-electron chi connectivity index (χ1n) is 12.8. The van der Waals surface area contributed by atoms with Crippen molar-refractivity contribution in [3.63, 3.8) is 0 Å². The van der Waals surface area contributed by atoms with Crippen LogP contribution in [0.25, 0.3) is 6.08 Å². The molecule has 1 atom stereocenters. The third-order valence-electron chi connectivity index (χ3n) is 7.28. The van der Waals surface area contributed by atoms with E-state index >= 15 is 0 Å². The number of carboxylic acids is 1. The molecule has 4 rings (SSSR count). The zero-order chi connectivity index (χ0) is 24.8. The number of benzene rings is 2. The molecule has 0 aromatic heterocycles. The molecule has 0 spiro atoms. The first-order chi connectivity index (χ1) is 16.9. The molecule has 2 aliphatic rings. The van der Waals surface area contributed by atoms with Crippen molar-refractivity contribution in [2.24, 2.45) is 11.8 Å². The molecule has 2 aromatic rings. The number of anilines is 3. The summed E-state index contributed by atoms with van der Waals surface area (Å²) in [5, 5.41) is 9.00. The summed E-state index contributed by atoms with van der Waals surface area (Å²) in [4.78, 5) is 31.2. The highest BCUT2D eigenvalue weighted by molar-refractivity contribution is 5.95. The molecular weight excluding hydrogens is 438 g/mol. The highest BCUT2D eigenvalue weighted by atomic mass is 16.4. The molecule has 1 saturated heterocycles. The van der Waals surface area contributed by atoms with Gasteiger partial charge in [-0.3, -0.25) is 4.79 Å². The summed E-state index contributed by atoms with van der Waals surface area (Å²) in [6.07, 6.45) is 9.14. The summed E-state index contributed by atoms with van der Waals surface area (Å²) in [7, 11) is 4.09. The fourth-order valence-electron chi connectivity index (χ4n) is 5.29. The van der Waals surface area contributed by atoms with Gasteiger partial charge in [0.05, 0.1) is 0 Å². The lowest BCUT2D eigenvalue weighted by molar-refractivity contribution is -0.131. The molecule has 1 unspecified atom stereocenters. The van der Waals surface area contributed by atoms with Gasteiger partial charge in [0.15, 0.2) is 0 Å². The fourth-order valence-corrected chi connectivity index (χ4v) is 5.29. The van der Waals surface area contributed by atoms with E-state index in [0.717, 1.165) is 62.5 Å². The van der Waals surface area contributed by atoms with Crippen LogP contribution in [0.1, 0.15) is 44.1 Å². The highest BCUT2D eigenvalue weighted by Crippen LogP contribution is 2.31. The number of hydrogen-bond acceptors (Lipinski definition) is 4. The number of amides is 1. The summed E-state index contributed by atoms with van der Waals surface area (Å²) in [6.45, 7) is 2.60. The molecule has 2 fully saturated rings. The van der Waals surface area contributed by atoms with Gasteiger partial charge in [0.1, 0.15) is 0 Å². The van der Waals surface area contributed by atoms with Crippen LogP contribution in [-0.2, 0) is 9.59 Å². The quantitative estimate of drug-likeness (QED) is 0.526. The van der Waals surface area contributed by atoms with E-state index in [1.165, 1.54) is 17.8 Å². The summed E-state index contributed by atoms with van der Waals surface area (Å²) in [5.74, 6) is -0.291. The van der Waals surface area contributed by atoms with Gasteiger partial charge in [0.25, 0.3) is 0 Å². The Hall–Kier alpha value is -3.28. The number of aliphatic carboxylic acids is 1. The van der Waals surface area contributed by atoms with Gasteiger partial charge in [-0.25, -0.2) is 4.79 Å². The summed E-state index contributed by atoms with van der Waals surface area (Å²) < 4.78 is 0. The van der Waals surface area contributed by atoms with Crippen LogP contribution in [0.4, 0.5) is 17.1 Å². The van der Waals surface area contributed by atoms with E-state index in [2.05, 4.69) is 34.1 Å². The van der Waals surface area contributed by atoms with Gasteiger partial charge in [-0.2, -0.15) is 0 Å². The Kier molecular flexibility index (Phi) is 8.11. The van der Waals surface area contributed by atoms with Crippen molar-refractivity contribution in [1.29, 1.82) is 0 Å². The number of carbonyl (C=O) groups excluding carboxylic acids is 1. The summed E-state index contributed by atoms with van der Waals surface area (Å²) >= 11 is 0. The Morgan fingerprint density at radius 1 is 1.00 bits per heavy atom. The van der Waals surface area contributed by atoms with E-state index in [1.807, 2.05) is 43.3 Å². The minimum atomic E-state index is -0.977. The number of carbonyl (C=O) groups is 2. The molecule has 6 nitrogen and oxygen atoms in total. The second-order valence-electron chi connectivity index (χ2n) is 10.1. The first-order valence-corrected chi connectivity index (χ1v) is 12.8. The molecule has 1 amide bonds. The number of carboxylic acid groups (broad SMARTS) is 1. The molecule has 35 heavy (non-hydrogen) atoms. The van der Waals surface area contributed by atoms with E-state index in [-0.39, 0.29) is 11.8 Å². The fraction of sp³-hybridized carbons (Fsp3) is 0.448. The lowest BCUT2D eigenvalue weighted by atomic mass is 9.88. The van der Waals surface area contributed by atoms with Crippen molar-refractivity contribution in [2.75, 3.05) is 48.4 Å². The van der Waals surface area contributed by atoms with Crippen molar-refractivity contribution in [3.05, 3.63) is 60.2 Å². The van der Waals surface area contributed by atoms with Crippen molar-refractivity contribution in [1.82, 2.24) is 0 Å². The molecule has 1 saturated carbocycles. The minimum absolute atomic E-state index is 0.0815. The molecule has 2 aromatic carbocycles. The van der Waals surface area contributed by atoms with Crippen LogP contribution in [0.3, 0.4) is 0 Å². The number of hydrogen-bond donors (Lipinski definition) is 1. The van der Waals surface area contributed by atoms with E-state index in [9.17, 15) is 9.59 Å². The van der Waals surface area contributed by atoms with E-state index in [1.54, 1.807) is 6.08 Å². The molecular formula is C29H37N3O3. The van der Waals surface area contributed by atoms with Gasteiger partial charge in [-0.1, -0.05) is 31.4 Å².